The molecule has 2 atom stereocenters. The van der Waals surface area contributed by atoms with Gasteiger partial charge in [-0.25, -0.2) is 0 Å². The first-order valence-electron chi connectivity index (χ1n) is 7.11. The molecule has 2 nitrogen and oxygen atoms in total. The normalized spacial score (nSPS) is 14.7. The second kappa shape index (κ2) is 9.07. The summed E-state index contributed by atoms with van der Waals surface area (Å²) in [4.78, 5) is 0. The molecule has 0 spiro atoms. The molecule has 0 amide bonds. The van der Waals surface area contributed by atoms with Crippen molar-refractivity contribution in [1.29, 1.82) is 0 Å². The topological polar surface area (TPSA) is 18.5 Å². The van der Waals surface area contributed by atoms with Crippen molar-refractivity contribution in [3.8, 4) is 0 Å². The van der Waals surface area contributed by atoms with Gasteiger partial charge in [-0.15, -0.1) is 0 Å². The SMILES string of the molecule is C=Cc1cccc(CO[SiH2]C(CC)C(C)OCC)c1. The molecule has 0 radical (unpaired) electrons. The molecule has 0 aliphatic carbocycles. The third-order valence-electron chi connectivity index (χ3n) is 3.41. The van der Waals surface area contributed by atoms with Gasteiger partial charge in [-0.05, 0) is 36.6 Å². The van der Waals surface area contributed by atoms with E-state index in [0.717, 1.165) is 18.6 Å². The van der Waals surface area contributed by atoms with Crippen LogP contribution in [0.25, 0.3) is 6.08 Å². The number of rotatable bonds is 9. The van der Waals surface area contributed by atoms with Crippen molar-refractivity contribution in [1.82, 2.24) is 0 Å². The van der Waals surface area contributed by atoms with Crippen LogP contribution in [-0.4, -0.2) is 22.5 Å². The second-order valence-electron chi connectivity index (χ2n) is 4.79. The zero-order valence-corrected chi connectivity index (χ0v) is 13.8. The fraction of sp³-hybridized carbons (Fsp3) is 0.500. The van der Waals surface area contributed by atoms with E-state index in [1.165, 1.54) is 5.56 Å². The predicted octanol–water partition coefficient (Wildman–Crippen LogP) is 3.55. The van der Waals surface area contributed by atoms with Crippen LogP contribution in [0.1, 0.15) is 38.3 Å². The monoisotopic (exact) mass is 278 g/mol. The Balaban J connectivity index is 2.41. The minimum absolute atomic E-state index is 0.321. The summed E-state index contributed by atoms with van der Waals surface area (Å²) < 4.78 is 11.6. The van der Waals surface area contributed by atoms with Gasteiger partial charge in [0.15, 0.2) is 9.76 Å². The first-order chi connectivity index (χ1) is 9.21. The van der Waals surface area contributed by atoms with E-state index >= 15 is 0 Å². The van der Waals surface area contributed by atoms with E-state index in [4.69, 9.17) is 9.16 Å². The highest BCUT2D eigenvalue weighted by Gasteiger charge is 2.16. The first-order valence-corrected chi connectivity index (χ1v) is 8.51. The summed E-state index contributed by atoms with van der Waals surface area (Å²) in [6, 6.07) is 8.35. The van der Waals surface area contributed by atoms with Gasteiger partial charge in [0.2, 0.25) is 0 Å². The maximum atomic E-state index is 5.96. The molecule has 0 saturated heterocycles. The van der Waals surface area contributed by atoms with Crippen molar-refractivity contribution >= 4 is 15.8 Å². The molecule has 1 aromatic carbocycles. The minimum atomic E-state index is -0.556. The minimum Gasteiger partial charge on any atom is -0.419 e. The van der Waals surface area contributed by atoms with Crippen LogP contribution in [0.15, 0.2) is 30.8 Å². The van der Waals surface area contributed by atoms with Crippen LogP contribution in [0.2, 0.25) is 5.54 Å². The van der Waals surface area contributed by atoms with Crippen LogP contribution in [0.5, 0.6) is 0 Å². The van der Waals surface area contributed by atoms with Crippen molar-refractivity contribution in [2.45, 2.75) is 45.4 Å². The lowest BCUT2D eigenvalue weighted by molar-refractivity contribution is 0.0662. The Bertz CT molecular complexity index is 379. The smallest absolute Gasteiger partial charge is 0.167 e. The van der Waals surface area contributed by atoms with Gasteiger partial charge in [-0.1, -0.05) is 44.2 Å². The van der Waals surface area contributed by atoms with Crippen LogP contribution >= 0.6 is 0 Å². The average Bonchev–Trinajstić information content (AvgIpc) is 2.44. The van der Waals surface area contributed by atoms with Crippen molar-refractivity contribution in [3.05, 3.63) is 42.0 Å². The molecule has 0 fully saturated rings. The predicted molar refractivity (Wildman–Crippen MR) is 85.0 cm³/mol. The summed E-state index contributed by atoms with van der Waals surface area (Å²) in [5.41, 5.74) is 2.98. The van der Waals surface area contributed by atoms with Gasteiger partial charge in [0.1, 0.15) is 0 Å². The van der Waals surface area contributed by atoms with Gasteiger partial charge in [0.05, 0.1) is 12.7 Å². The third kappa shape index (κ3) is 5.72. The summed E-state index contributed by atoms with van der Waals surface area (Å²) in [5, 5.41) is 0. The summed E-state index contributed by atoms with van der Waals surface area (Å²) >= 11 is 0. The molecule has 0 N–H and O–H groups in total. The molecule has 2 unspecified atom stereocenters. The Hall–Kier alpha value is -0.903. The molecule has 0 aromatic heterocycles. The van der Waals surface area contributed by atoms with Gasteiger partial charge in [-0.2, -0.15) is 0 Å². The number of ether oxygens (including phenoxy) is 1. The van der Waals surface area contributed by atoms with Crippen molar-refractivity contribution < 1.29 is 9.16 Å². The summed E-state index contributed by atoms with van der Waals surface area (Å²) in [6.07, 6.45) is 3.33. The fourth-order valence-corrected chi connectivity index (χ4v) is 3.42. The molecule has 0 bridgehead atoms. The van der Waals surface area contributed by atoms with E-state index < -0.39 is 9.76 Å². The van der Waals surface area contributed by atoms with E-state index in [1.807, 2.05) is 13.0 Å². The Labute approximate surface area is 119 Å². The molecular weight excluding hydrogens is 252 g/mol. The summed E-state index contributed by atoms with van der Waals surface area (Å²) in [6.45, 7) is 11.7. The van der Waals surface area contributed by atoms with E-state index in [0.29, 0.717) is 18.3 Å². The van der Waals surface area contributed by atoms with Crippen LogP contribution < -0.4 is 0 Å². The number of hydrogen-bond acceptors (Lipinski definition) is 2. The lowest BCUT2D eigenvalue weighted by atomic mass is 10.1. The average molecular weight is 278 g/mol. The third-order valence-corrected chi connectivity index (χ3v) is 5.51. The number of hydrogen-bond donors (Lipinski definition) is 0. The van der Waals surface area contributed by atoms with Gasteiger partial charge < -0.3 is 9.16 Å². The fourth-order valence-electron chi connectivity index (χ4n) is 2.12. The summed E-state index contributed by atoms with van der Waals surface area (Å²) in [7, 11) is -0.556. The molecule has 0 aliphatic heterocycles. The second-order valence-corrected chi connectivity index (χ2v) is 6.58. The largest absolute Gasteiger partial charge is 0.419 e. The van der Waals surface area contributed by atoms with Gasteiger partial charge >= 0.3 is 0 Å². The van der Waals surface area contributed by atoms with Gasteiger partial charge in [0.25, 0.3) is 0 Å². The zero-order chi connectivity index (χ0) is 14.1. The van der Waals surface area contributed by atoms with Gasteiger partial charge in [-0.3, -0.25) is 0 Å². The van der Waals surface area contributed by atoms with Gasteiger partial charge in [0, 0.05) is 6.61 Å². The lowest BCUT2D eigenvalue weighted by Gasteiger charge is -2.22. The van der Waals surface area contributed by atoms with E-state index in [1.54, 1.807) is 0 Å². The van der Waals surface area contributed by atoms with E-state index in [-0.39, 0.29) is 0 Å². The first kappa shape index (κ1) is 16.2. The standard InChI is InChI=1S/C16H26O2Si/c1-5-14-9-8-10-15(11-14)12-18-19-16(6-2)13(4)17-7-3/h5,8-11,13,16H,1,6-7,12,19H2,2-4H3. The molecule has 1 aromatic rings. The highest BCUT2D eigenvalue weighted by atomic mass is 28.2. The van der Waals surface area contributed by atoms with Crippen molar-refractivity contribution in [3.63, 3.8) is 0 Å². The molecule has 3 heteroatoms. The van der Waals surface area contributed by atoms with Crippen molar-refractivity contribution in [2.75, 3.05) is 6.61 Å². The molecule has 106 valence electrons. The maximum Gasteiger partial charge on any atom is 0.167 e. The Morgan fingerprint density at radius 1 is 1.37 bits per heavy atom. The van der Waals surface area contributed by atoms with E-state index in [9.17, 15) is 0 Å². The summed E-state index contributed by atoms with van der Waals surface area (Å²) in [5.74, 6) is 0. The Morgan fingerprint density at radius 2 is 2.16 bits per heavy atom. The highest BCUT2D eigenvalue weighted by Crippen LogP contribution is 2.18. The molecule has 1 rings (SSSR count). The van der Waals surface area contributed by atoms with Crippen LogP contribution in [-0.2, 0) is 15.8 Å². The Kier molecular flexibility index (Phi) is 7.71. The molecule has 0 heterocycles. The number of benzene rings is 1. The van der Waals surface area contributed by atoms with E-state index in [2.05, 4.69) is 44.7 Å². The molecule has 0 aliphatic rings. The van der Waals surface area contributed by atoms with Crippen LogP contribution in [0.3, 0.4) is 0 Å². The zero-order valence-electron chi connectivity index (χ0n) is 12.4. The van der Waals surface area contributed by atoms with Crippen molar-refractivity contribution in [2.24, 2.45) is 0 Å². The van der Waals surface area contributed by atoms with Crippen LogP contribution in [0.4, 0.5) is 0 Å². The Morgan fingerprint density at radius 3 is 2.79 bits per heavy atom. The molecular formula is C16H26O2Si. The maximum absolute atomic E-state index is 5.96. The highest BCUT2D eigenvalue weighted by molar-refractivity contribution is 6.29. The molecule has 0 saturated carbocycles. The van der Waals surface area contributed by atoms with Crippen LogP contribution in [0, 0.1) is 0 Å². The lowest BCUT2D eigenvalue weighted by Crippen LogP contribution is -2.22. The quantitative estimate of drug-likeness (QED) is 0.643. The molecule has 19 heavy (non-hydrogen) atoms.